The fraction of sp³-hybridized carbons (Fsp3) is 0.471. The largest absolute Gasteiger partial charge is 0.467 e. The second-order valence-corrected chi connectivity index (χ2v) is 5.57. The maximum absolute atomic E-state index is 12.9. The van der Waals surface area contributed by atoms with Gasteiger partial charge in [0, 0.05) is 0 Å². The predicted octanol–water partition coefficient (Wildman–Crippen LogP) is 2.57. The zero-order valence-electron chi connectivity index (χ0n) is 14.6. The molecule has 0 saturated carbocycles. The average molecular weight is 375 g/mol. The quantitative estimate of drug-likeness (QED) is 0.741. The van der Waals surface area contributed by atoms with E-state index in [0.29, 0.717) is 6.42 Å². The zero-order valence-corrected chi connectivity index (χ0v) is 14.6. The van der Waals surface area contributed by atoms with Gasteiger partial charge < -0.3 is 14.8 Å². The molecule has 0 aliphatic rings. The van der Waals surface area contributed by atoms with Gasteiger partial charge in [-0.2, -0.15) is 13.2 Å². The number of halogens is 3. The Hall–Kier alpha value is -2.58. The first kappa shape index (κ1) is 21.5. The molecule has 9 heteroatoms. The SMILES string of the molecule is CC[C@@H](C)[C@H](NC(=O)COC(=O)c1ccccc1C(F)(F)F)C(=O)OC. The molecule has 1 aromatic rings. The van der Waals surface area contributed by atoms with Crippen LogP contribution in [0.4, 0.5) is 13.2 Å². The molecule has 0 unspecified atom stereocenters. The number of benzene rings is 1. The molecule has 1 amide bonds. The van der Waals surface area contributed by atoms with Crippen molar-refractivity contribution >= 4 is 17.8 Å². The molecule has 144 valence electrons. The molecule has 26 heavy (non-hydrogen) atoms. The molecule has 0 bridgehead atoms. The topological polar surface area (TPSA) is 81.7 Å². The van der Waals surface area contributed by atoms with Gasteiger partial charge in [0.05, 0.1) is 18.2 Å². The van der Waals surface area contributed by atoms with Gasteiger partial charge in [-0.05, 0) is 18.1 Å². The summed E-state index contributed by atoms with van der Waals surface area (Å²) in [6.07, 6.45) is -4.16. The summed E-state index contributed by atoms with van der Waals surface area (Å²) in [4.78, 5) is 35.5. The van der Waals surface area contributed by atoms with E-state index in [1.807, 2.05) is 0 Å². The number of carbonyl (C=O) groups excluding carboxylic acids is 3. The van der Waals surface area contributed by atoms with Crippen molar-refractivity contribution in [1.82, 2.24) is 5.32 Å². The zero-order chi connectivity index (χ0) is 19.9. The van der Waals surface area contributed by atoms with E-state index >= 15 is 0 Å². The lowest BCUT2D eigenvalue weighted by Gasteiger charge is -2.21. The summed E-state index contributed by atoms with van der Waals surface area (Å²) in [5, 5.41) is 2.36. The molecule has 1 rings (SSSR count). The first-order valence-corrected chi connectivity index (χ1v) is 7.82. The highest BCUT2D eigenvalue weighted by atomic mass is 19.4. The van der Waals surface area contributed by atoms with Crippen molar-refractivity contribution in [2.24, 2.45) is 5.92 Å². The van der Waals surface area contributed by atoms with Crippen LogP contribution in [0.15, 0.2) is 24.3 Å². The minimum Gasteiger partial charge on any atom is -0.467 e. The van der Waals surface area contributed by atoms with Crippen molar-refractivity contribution in [3.8, 4) is 0 Å². The van der Waals surface area contributed by atoms with E-state index in [1.165, 1.54) is 6.07 Å². The number of esters is 2. The summed E-state index contributed by atoms with van der Waals surface area (Å²) in [5.41, 5.74) is -1.85. The number of ether oxygens (including phenoxy) is 2. The Morgan fingerprint density at radius 1 is 1.19 bits per heavy atom. The van der Waals surface area contributed by atoms with Crippen LogP contribution in [-0.4, -0.2) is 37.6 Å². The van der Waals surface area contributed by atoms with Crippen LogP contribution in [0, 0.1) is 5.92 Å². The van der Waals surface area contributed by atoms with Crippen molar-refractivity contribution in [1.29, 1.82) is 0 Å². The van der Waals surface area contributed by atoms with Gasteiger partial charge in [-0.15, -0.1) is 0 Å². The molecule has 1 N–H and O–H groups in total. The molecule has 6 nitrogen and oxygen atoms in total. The number of hydrogen-bond acceptors (Lipinski definition) is 5. The maximum atomic E-state index is 12.9. The fourth-order valence-electron chi connectivity index (χ4n) is 2.13. The van der Waals surface area contributed by atoms with Gasteiger partial charge in [0.1, 0.15) is 6.04 Å². The van der Waals surface area contributed by atoms with Crippen LogP contribution in [0.2, 0.25) is 0 Å². The minimum atomic E-state index is -4.73. The molecule has 0 heterocycles. The van der Waals surface area contributed by atoms with Crippen molar-refractivity contribution in [2.45, 2.75) is 32.5 Å². The van der Waals surface area contributed by atoms with Crippen LogP contribution in [0.1, 0.15) is 36.2 Å². The van der Waals surface area contributed by atoms with E-state index in [-0.39, 0.29) is 5.92 Å². The highest BCUT2D eigenvalue weighted by Crippen LogP contribution is 2.32. The molecule has 1 aromatic carbocycles. The minimum absolute atomic E-state index is 0.243. The Bertz CT molecular complexity index is 660. The standard InChI is InChI=1S/C17H20F3NO5/c1-4-10(2)14(16(24)25-3)21-13(22)9-26-15(23)11-7-5-6-8-12(11)17(18,19)20/h5-8,10,14H,4,9H2,1-3H3,(H,21,22)/t10-,14+/m1/s1. The Kier molecular flexibility index (Phi) is 7.60. The number of alkyl halides is 3. The van der Waals surface area contributed by atoms with Gasteiger partial charge in [0.15, 0.2) is 6.61 Å². The van der Waals surface area contributed by atoms with Crippen LogP contribution in [0.3, 0.4) is 0 Å². The Balaban J connectivity index is 2.76. The van der Waals surface area contributed by atoms with E-state index in [1.54, 1.807) is 13.8 Å². The first-order chi connectivity index (χ1) is 12.1. The van der Waals surface area contributed by atoms with E-state index in [2.05, 4.69) is 14.8 Å². The van der Waals surface area contributed by atoms with Crippen LogP contribution in [-0.2, 0) is 25.2 Å². The molecule has 0 saturated heterocycles. The van der Waals surface area contributed by atoms with Gasteiger partial charge in [0.25, 0.3) is 5.91 Å². The average Bonchev–Trinajstić information content (AvgIpc) is 2.62. The fourth-order valence-corrected chi connectivity index (χ4v) is 2.13. The monoisotopic (exact) mass is 375 g/mol. The molecular formula is C17H20F3NO5. The lowest BCUT2D eigenvalue weighted by molar-refractivity contribution is -0.147. The number of carbonyl (C=O) groups is 3. The van der Waals surface area contributed by atoms with Crippen molar-refractivity contribution in [3.63, 3.8) is 0 Å². The number of hydrogen-bond donors (Lipinski definition) is 1. The number of nitrogens with one attached hydrogen (secondary N) is 1. The van der Waals surface area contributed by atoms with Gasteiger partial charge in [0.2, 0.25) is 0 Å². The molecule has 0 aromatic heterocycles. The lowest BCUT2D eigenvalue weighted by atomic mass is 9.99. The third-order valence-corrected chi connectivity index (χ3v) is 3.77. The maximum Gasteiger partial charge on any atom is 0.417 e. The first-order valence-electron chi connectivity index (χ1n) is 7.82. The van der Waals surface area contributed by atoms with E-state index < -0.39 is 47.8 Å². The van der Waals surface area contributed by atoms with Crippen LogP contribution >= 0.6 is 0 Å². The van der Waals surface area contributed by atoms with Crippen LogP contribution < -0.4 is 5.32 Å². The third kappa shape index (κ3) is 5.75. The predicted molar refractivity (Wildman–Crippen MR) is 85.1 cm³/mol. The van der Waals surface area contributed by atoms with Gasteiger partial charge in [-0.3, -0.25) is 4.79 Å². The second kappa shape index (κ2) is 9.21. The lowest BCUT2D eigenvalue weighted by Crippen LogP contribution is -2.47. The molecule has 0 aliphatic carbocycles. The van der Waals surface area contributed by atoms with Crippen molar-refractivity contribution in [3.05, 3.63) is 35.4 Å². The van der Waals surface area contributed by atoms with E-state index in [0.717, 1.165) is 25.3 Å². The molecule has 2 atom stereocenters. The normalized spacial score (nSPS) is 13.5. The summed E-state index contributed by atoms with van der Waals surface area (Å²) < 4.78 is 47.9. The van der Waals surface area contributed by atoms with Gasteiger partial charge in [-0.1, -0.05) is 32.4 Å². The second-order valence-electron chi connectivity index (χ2n) is 5.57. The van der Waals surface area contributed by atoms with E-state index in [9.17, 15) is 27.6 Å². The highest BCUT2D eigenvalue weighted by Gasteiger charge is 2.35. The van der Waals surface area contributed by atoms with Crippen LogP contribution in [0.25, 0.3) is 0 Å². The molecule has 0 fully saturated rings. The third-order valence-electron chi connectivity index (χ3n) is 3.77. The summed E-state index contributed by atoms with van der Waals surface area (Å²) in [5.74, 6) is -3.01. The highest BCUT2D eigenvalue weighted by molar-refractivity contribution is 5.93. The Morgan fingerprint density at radius 3 is 2.35 bits per heavy atom. The van der Waals surface area contributed by atoms with Gasteiger partial charge >= 0.3 is 18.1 Å². The molecule has 0 spiro atoms. The molecular weight excluding hydrogens is 355 g/mol. The van der Waals surface area contributed by atoms with Crippen molar-refractivity contribution in [2.75, 3.05) is 13.7 Å². The Morgan fingerprint density at radius 2 is 1.81 bits per heavy atom. The Labute approximate surface area is 148 Å². The number of amides is 1. The van der Waals surface area contributed by atoms with Crippen LogP contribution in [0.5, 0.6) is 0 Å². The van der Waals surface area contributed by atoms with Crippen molar-refractivity contribution < 1.29 is 37.0 Å². The number of rotatable bonds is 7. The van der Waals surface area contributed by atoms with E-state index in [4.69, 9.17) is 0 Å². The summed E-state index contributed by atoms with van der Waals surface area (Å²) in [7, 11) is 1.16. The summed E-state index contributed by atoms with van der Waals surface area (Å²) in [6.45, 7) is 2.70. The summed E-state index contributed by atoms with van der Waals surface area (Å²) in [6, 6.07) is 3.15. The smallest absolute Gasteiger partial charge is 0.417 e. The molecule has 0 radical (unpaired) electrons. The number of methoxy groups -OCH3 is 1. The molecule has 0 aliphatic heterocycles. The van der Waals surface area contributed by atoms with Gasteiger partial charge in [-0.25, -0.2) is 9.59 Å². The summed E-state index contributed by atoms with van der Waals surface area (Å²) >= 11 is 0.